The van der Waals surface area contributed by atoms with E-state index in [-0.39, 0.29) is 22.7 Å². The van der Waals surface area contributed by atoms with Crippen LogP contribution < -0.4 is 5.32 Å². The molecule has 1 aliphatic rings. The molecule has 0 spiro atoms. The van der Waals surface area contributed by atoms with Gasteiger partial charge >= 0.3 is 6.03 Å². The average Bonchev–Trinajstić information content (AvgIpc) is 2.85. The van der Waals surface area contributed by atoms with Crippen LogP contribution in [-0.4, -0.2) is 41.0 Å². The Balaban J connectivity index is 2.08. The summed E-state index contributed by atoms with van der Waals surface area (Å²) >= 11 is 0.981. The number of amides is 2. The number of benzene rings is 1. The molecule has 2 amide bonds. The molecule has 1 aromatic rings. The van der Waals surface area contributed by atoms with Crippen molar-refractivity contribution < 1.29 is 18.7 Å². The number of halogens is 2. The maximum Gasteiger partial charge on any atom is 0.322 e. The standard InChI is InChI=1S/C15H20F2N2O2S/c1-9(20)6-11-4-3-5-19(11)15(21)18-10-7-12(16)14(22-2)13(17)8-10/h7-9,11,20H,3-6H2,1-2H3,(H,18,21)/t9-,11-/m1/s1. The van der Waals surface area contributed by atoms with Crippen LogP contribution in [0.2, 0.25) is 0 Å². The Bertz CT molecular complexity index is 531. The highest BCUT2D eigenvalue weighted by atomic mass is 32.2. The Hall–Kier alpha value is -1.34. The summed E-state index contributed by atoms with van der Waals surface area (Å²) in [7, 11) is 0. The lowest BCUT2D eigenvalue weighted by Crippen LogP contribution is -2.40. The predicted octanol–water partition coefficient (Wildman–Crippen LogP) is 3.45. The van der Waals surface area contributed by atoms with Gasteiger partial charge in [0.1, 0.15) is 11.6 Å². The number of nitrogens with zero attached hydrogens (tertiary/aromatic N) is 1. The van der Waals surface area contributed by atoms with Crippen molar-refractivity contribution in [1.82, 2.24) is 4.90 Å². The van der Waals surface area contributed by atoms with Gasteiger partial charge in [-0.05, 0) is 44.6 Å². The van der Waals surface area contributed by atoms with Crippen LogP contribution in [0.25, 0.3) is 0 Å². The Morgan fingerprint density at radius 2 is 2.14 bits per heavy atom. The van der Waals surface area contributed by atoms with Crippen LogP contribution >= 0.6 is 11.8 Å². The number of carbonyl (C=O) groups excluding carboxylic acids is 1. The van der Waals surface area contributed by atoms with Crippen molar-refractivity contribution in [2.45, 2.75) is 43.2 Å². The number of carbonyl (C=O) groups is 1. The van der Waals surface area contributed by atoms with Crippen molar-refractivity contribution in [2.75, 3.05) is 18.1 Å². The van der Waals surface area contributed by atoms with E-state index < -0.39 is 17.7 Å². The average molecular weight is 330 g/mol. The lowest BCUT2D eigenvalue weighted by atomic mass is 10.1. The van der Waals surface area contributed by atoms with Crippen molar-refractivity contribution >= 4 is 23.5 Å². The Kier molecular flexibility index (Phi) is 5.63. The summed E-state index contributed by atoms with van der Waals surface area (Å²) in [5, 5.41) is 12.0. The van der Waals surface area contributed by atoms with E-state index in [0.717, 1.165) is 36.7 Å². The van der Waals surface area contributed by atoms with Crippen LogP contribution in [0.1, 0.15) is 26.2 Å². The smallest absolute Gasteiger partial charge is 0.322 e. The molecule has 0 unspecified atom stereocenters. The van der Waals surface area contributed by atoms with Crippen LogP contribution in [0.15, 0.2) is 17.0 Å². The summed E-state index contributed by atoms with van der Waals surface area (Å²) in [6, 6.07) is 1.80. The second-order valence-electron chi connectivity index (χ2n) is 5.48. The van der Waals surface area contributed by atoms with Crippen molar-refractivity contribution in [3.63, 3.8) is 0 Å². The number of hydrogen-bond donors (Lipinski definition) is 2. The quantitative estimate of drug-likeness (QED) is 0.832. The fraction of sp³-hybridized carbons (Fsp3) is 0.533. The molecule has 0 aliphatic carbocycles. The molecule has 2 rings (SSSR count). The summed E-state index contributed by atoms with van der Waals surface area (Å²) in [4.78, 5) is 13.8. The van der Waals surface area contributed by atoms with E-state index in [1.165, 1.54) is 0 Å². The van der Waals surface area contributed by atoms with Gasteiger partial charge in [-0.15, -0.1) is 11.8 Å². The van der Waals surface area contributed by atoms with Gasteiger partial charge in [-0.25, -0.2) is 13.6 Å². The minimum atomic E-state index is -0.690. The van der Waals surface area contributed by atoms with E-state index in [9.17, 15) is 18.7 Å². The van der Waals surface area contributed by atoms with E-state index in [0.29, 0.717) is 13.0 Å². The molecule has 2 N–H and O–H groups in total. The lowest BCUT2D eigenvalue weighted by Gasteiger charge is -2.26. The topological polar surface area (TPSA) is 52.6 Å². The van der Waals surface area contributed by atoms with Crippen LogP contribution in [0.4, 0.5) is 19.3 Å². The maximum atomic E-state index is 13.7. The van der Waals surface area contributed by atoms with E-state index in [1.807, 2.05) is 0 Å². The van der Waals surface area contributed by atoms with Crippen LogP contribution in [0.3, 0.4) is 0 Å². The summed E-state index contributed by atoms with van der Waals surface area (Å²) in [5.74, 6) is -1.38. The Morgan fingerprint density at radius 1 is 1.50 bits per heavy atom. The first kappa shape index (κ1) is 17.0. The number of anilines is 1. The second kappa shape index (κ2) is 7.28. The largest absolute Gasteiger partial charge is 0.393 e. The van der Waals surface area contributed by atoms with Crippen LogP contribution in [-0.2, 0) is 0 Å². The highest BCUT2D eigenvalue weighted by Crippen LogP contribution is 2.27. The summed E-state index contributed by atoms with van der Waals surface area (Å²) < 4.78 is 27.5. The maximum absolute atomic E-state index is 13.7. The van der Waals surface area contributed by atoms with Gasteiger partial charge < -0.3 is 15.3 Å². The minimum Gasteiger partial charge on any atom is -0.393 e. The van der Waals surface area contributed by atoms with Gasteiger partial charge in [0, 0.05) is 18.3 Å². The summed E-state index contributed by atoms with van der Waals surface area (Å²) in [6.45, 7) is 2.26. The van der Waals surface area contributed by atoms with Crippen molar-refractivity contribution in [3.8, 4) is 0 Å². The third kappa shape index (κ3) is 3.89. The zero-order valence-corrected chi connectivity index (χ0v) is 13.4. The molecule has 0 bridgehead atoms. The minimum absolute atomic E-state index is 0.0415. The fourth-order valence-corrected chi connectivity index (χ4v) is 3.27. The van der Waals surface area contributed by atoms with Crippen LogP contribution in [0, 0.1) is 11.6 Å². The number of hydrogen-bond acceptors (Lipinski definition) is 3. The Morgan fingerprint density at radius 3 is 2.68 bits per heavy atom. The van der Waals surface area contributed by atoms with Gasteiger partial charge in [0.15, 0.2) is 0 Å². The molecule has 1 fully saturated rings. The first-order chi connectivity index (χ1) is 10.4. The van der Waals surface area contributed by atoms with E-state index in [2.05, 4.69) is 5.32 Å². The van der Waals surface area contributed by atoms with Gasteiger partial charge in [-0.3, -0.25) is 0 Å². The number of rotatable bonds is 4. The molecule has 1 aliphatic heterocycles. The fourth-order valence-electron chi connectivity index (χ4n) is 2.76. The number of urea groups is 1. The Labute approximate surface area is 132 Å². The number of likely N-dealkylation sites (tertiary alicyclic amines) is 1. The van der Waals surface area contributed by atoms with Crippen LogP contribution in [0.5, 0.6) is 0 Å². The number of thioether (sulfide) groups is 1. The molecule has 0 aromatic heterocycles. The molecular formula is C15H20F2N2O2S. The molecule has 0 saturated carbocycles. The van der Waals surface area contributed by atoms with E-state index in [1.54, 1.807) is 18.1 Å². The zero-order valence-electron chi connectivity index (χ0n) is 12.6. The zero-order chi connectivity index (χ0) is 16.3. The van der Waals surface area contributed by atoms with Gasteiger partial charge in [-0.1, -0.05) is 0 Å². The number of aliphatic hydroxyl groups is 1. The normalized spacial score (nSPS) is 19.3. The molecule has 0 radical (unpaired) electrons. The first-order valence-electron chi connectivity index (χ1n) is 7.21. The molecule has 4 nitrogen and oxygen atoms in total. The van der Waals surface area contributed by atoms with Crippen molar-refractivity contribution in [2.24, 2.45) is 0 Å². The van der Waals surface area contributed by atoms with E-state index >= 15 is 0 Å². The highest BCUT2D eigenvalue weighted by Gasteiger charge is 2.29. The summed E-state index contributed by atoms with van der Waals surface area (Å²) in [6.07, 6.45) is 3.28. The van der Waals surface area contributed by atoms with Crippen molar-refractivity contribution in [3.05, 3.63) is 23.8 Å². The predicted molar refractivity (Wildman–Crippen MR) is 83.2 cm³/mol. The third-order valence-corrected chi connectivity index (χ3v) is 4.50. The van der Waals surface area contributed by atoms with Gasteiger partial charge in [0.25, 0.3) is 0 Å². The number of nitrogens with one attached hydrogen (secondary N) is 1. The van der Waals surface area contributed by atoms with E-state index in [4.69, 9.17) is 0 Å². The molecular weight excluding hydrogens is 310 g/mol. The molecule has 7 heteroatoms. The second-order valence-corrected chi connectivity index (χ2v) is 6.29. The monoisotopic (exact) mass is 330 g/mol. The third-order valence-electron chi connectivity index (χ3n) is 3.70. The molecule has 122 valence electrons. The van der Waals surface area contributed by atoms with Gasteiger partial charge in [0.05, 0.1) is 11.0 Å². The number of aliphatic hydroxyl groups excluding tert-OH is 1. The van der Waals surface area contributed by atoms with Gasteiger partial charge in [-0.2, -0.15) is 0 Å². The molecule has 2 atom stereocenters. The SMILES string of the molecule is CSc1c(F)cc(NC(=O)N2CCC[C@@H]2C[C@@H](C)O)cc1F. The molecule has 1 saturated heterocycles. The molecule has 1 aromatic carbocycles. The first-order valence-corrected chi connectivity index (χ1v) is 8.43. The lowest BCUT2D eigenvalue weighted by molar-refractivity contribution is 0.142. The van der Waals surface area contributed by atoms with Gasteiger partial charge in [0.2, 0.25) is 0 Å². The summed E-state index contributed by atoms with van der Waals surface area (Å²) in [5.41, 5.74) is 0.0977. The highest BCUT2D eigenvalue weighted by molar-refractivity contribution is 7.98. The molecule has 1 heterocycles. The molecule has 22 heavy (non-hydrogen) atoms. The van der Waals surface area contributed by atoms with Crippen molar-refractivity contribution in [1.29, 1.82) is 0 Å².